The molecule has 1 heterocycles. The first kappa shape index (κ1) is 20.4. The maximum Gasteiger partial charge on any atom is 0.422 e. The number of ether oxygens (including phenoxy) is 2. The Morgan fingerprint density at radius 1 is 1.35 bits per heavy atom. The number of carbonyl (C=O) groups is 1. The monoisotopic (exact) mass is 374 g/mol. The highest BCUT2D eigenvalue weighted by Gasteiger charge is 2.29. The molecule has 1 aromatic rings. The number of piperidine rings is 1. The standard InChI is InChI=1S/C18H25F3N2O3/c1-23-9-3-4-14(11-23)22-17(24)8-6-13-5-7-15(16(10-13)25-2)26-12-18(19,20)21/h5,7,10,14H,3-4,6,8-9,11-12H2,1-2H3,(H,22,24)/t14-/m1/s1. The molecule has 0 bridgehead atoms. The van der Waals surface area contributed by atoms with Crippen molar-refractivity contribution in [1.29, 1.82) is 0 Å². The van der Waals surface area contributed by atoms with Crippen molar-refractivity contribution in [3.8, 4) is 11.5 Å². The molecule has 1 aliphatic heterocycles. The predicted octanol–water partition coefficient (Wildman–Crippen LogP) is 2.78. The Balaban J connectivity index is 1.86. The fourth-order valence-corrected chi connectivity index (χ4v) is 2.99. The molecule has 1 aliphatic rings. The lowest BCUT2D eigenvalue weighted by molar-refractivity contribution is -0.153. The zero-order valence-electron chi connectivity index (χ0n) is 15.1. The van der Waals surface area contributed by atoms with Crippen molar-refractivity contribution in [2.45, 2.75) is 37.9 Å². The number of rotatable bonds is 7. The van der Waals surface area contributed by atoms with Crippen LogP contribution >= 0.6 is 0 Å². The lowest BCUT2D eigenvalue weighted by Crippen LogP contribution is -2.46. The number of carbonyl (C=O) groups excluding carboxylic acids is 1. The zero-order valence-corrected chi connectivity index (χ0v) is 15.1. The first-order chi connectivity index (χ1) is 12.3. The normalized spacial score (nSPS) is 18.4. The number of hydrogen-bond acceptors (Lipinski definition) is 4. The van der Waals surface area contributed by atoms with Crippen LogP contribution in [0.15, 0.2) is 18.2 Å². The van der Waals surface area contributed by atoms with Crippen LogP contribution in [0.5, 0.6) is 11.5 Å². The van der Waals surface area contributed by atoms with Gasteiger partial charge in [-0.15, -0.1) is 0 Å². The first-order valence-electron chi connectivity index (χ1n) is 8.61. The van der Waals surface area contributed by atoms with Crippen molar-refractivity contribution < 1.29 is 27.4 Å². The van der Waals surface area contributed by atoms with E-state index in [2.05, 4.69) is 10.2 Å². The van der Waals surface area contributed by atoms with Crippen LogP contribution in [0.1, 0.15) is 24.8 Å². The van der Waals surface area contributed by atoms with Gasteiger partial charge in [0, 0.05) is 19.0 Å². The van der Waals surface area contributed by atoms with Gasteiger partial charge >= 0.3 is 6.18 Å². The number of amides is 1. The summed E-state index contributed by atoms with van der Waals surface area (Å²) in [6, 6.07) is 4.87. The van der Waals surface area contributed by atoms with E-state index in [0.717, 1.165) is 31.5 Å². The van der Waals surface area contributed by atoms with E-state index in [1.54, 1.807) is 12.1 Å². The summed E-state index contributed by atoms with van der Waals surface area (Å²) < 4.78 is 46.7. The number of benzene rings is 1. The minimum Gasteiger partial charge on any atom is -0.493 e. The molecule has 0 aliphatic carbocycles. The Bertz CT molecular complexity index is 608. The number of nitrogens with zero attached hydrogens (tertiary/aromatic N) is 1. The summed E-state index contributed by atoms with van der Waals surface area (Å²) in [4.78, 5) is 14.3. The molecule has 1 fully saturated rings. The Morgan fingerprint density at radius 2 is 2.12 bits per heavy atom. The van der Waals surface area contributed by atoms with Crippen LogP contribution in [0.4, 0.5) is 13.2 Å². The minimum atomic E-state index is -4.41. The molecule has 1 amide bonds. The molecule has 146 valence electrons. The van der Waals surface area contributed by atoms with Crippen molar-refractivity contribution in [3.05, 3.63) is 23.8 Å². The molecule has 0 saturated carbocycles. The van der Waals surface area contributed by atoms with Gasteiger partial charge in [-0.25, -0.2) is 0 Å². The quantitative estimate of drug-likeness (QED) is 0.797. The van der Waals surface area contributed by atoms with Gasteiger partial charge in [-0.1, -0.05) is 6.07 Å². The molecule has 2 rings (SSSR count). The van der Waals surface area contributed by atoms with E-state index < -0.39 is 12.8 Å². The van der Waals surface area contributed by atoms with E-state index in [4.69, 9.17) is 9.47 Å². The maximum atomic E-state index is 12.3. The van der Waals surface area contributed by atoms with Gasteiger partial charge < -0.3 is 19.7 Å². The Hall–Kier alpha value is -1.96. The van der Waals surface area contributed by atoms with E-state index in [1.807, 2.05) is 7.05 Å². The van der Waals surface area contributed by atoms with Gasteiger partial charge in [0.25, 0.3) is 0 Å². The van der Waals surface area contributed by atoms with Gasteiger partial charge in [-0.3, -0.25) is 4.79 Å². The third-order valence-corrected chi connectivity index (χ3v) is 4.25. The molecule has 1 aromatic carbocycles. The molecular formula is C18H25F3N2O3. The fraction of sp³-hybridized carbons (Fsp3) is 0.611. The summed E-state index contributed by atoms with van der Waals surface area (Å²) in [5, 5.41) is 3.03. The van der Waals surface area contributed by atoms with Crippen LogP contribution in [-0.4, -0.2) is 56.9 Å². The highest BCUT2D eigenvalue weighted by molar-refractivity contribution is 5.76. The molecule has 0 radical (unpaired) electrons. The number of likely N-dealkylation sites (tertiary alicyclic amines) is 1. The number of alkyl halides is 3. The number of likely N-dealkylation sites (N-methyl/N-ethyl adjacent to an activating group) is 1. The summed E-state index contributed by atoms with van der Waals surface area (Å²) in [6.07, 6.45) is -1.57. The summed E-state index contributed by atoms with van der Waals surface area (Å²) in [5.41, 5.74) is 0.803. The number of hydrogen-bond donors (Lipinski definition) is 1. The molecule has 0 spiro atoms. The van der Waals surface area contributed by atoms with Gasteiger partial charge in [-0.05, 0) is 50.6 Å². The summed E-state index contributed by atoms with van der Waals surface area (Å²) in [7, 11) is 3.40. The zero-order chi connectivity index (χ0) is 19.2. The maximum absolute atomic E-state index is 12.3. The number of nitrogens with one attached hydrogen (secondary N) is 1. The van der Waals surface area contributed by atoms with E-state index in [-0.39, 0.29) is 23.4 Å². The average Bonchev–Trinajstić information content (AvgIpc) is 2.57. The van der Waals surface area contributed by atoms with Crippen molar-refractivity contribution in [2.75, 3.05) is 33.9 Å². The van der Waals surface area contributed by atoms with E-state index in [9.17, 15) is 18.0 Å². The lowest BCUT2D eigenvalue weighted by atomic mass is 10.1. The van der Waals surface area contributed by atoms with Crippen LogP contribution in [0.25, 0.3) is 0 Å². The van der Waals surface area contributed by atoms with Crippen molar-refractivity contribution >= 4 is 5.91 Å². The second kappa shape index (κ2) is 9.12. The van der Waals surface area contributed by atoms with Crippen molar-refractivity contribution in [3.63, 3.8) is 0 Å². The molecule has 1 atom stereocenters. The number of methoxy groups -OCH3 is 1. The van der Waals surface area contributed by atoms with Crippen molar-refractivity contribution in [2.24, 2.45) is 0 Å². The molecular weight excluding hydrogens is 349 g/mol. The Labute approximate surface area is 151 Å². The van der Waals surface area contributed by atoms with Gasteiger partial charge in [0.1, 0.15) is 0 Å². The van der Waals surface area contributed by atoms with Gasteiger partial charge in [0.2, 0.25) is 5.91 Å². The minimum absolute atomic E-state index is 0.0262. The Morgan fingerprint density at radius 3 is 2.77 bits per heavy atom. The molecule has 8 heteroatoms. The van der Waals surface area contributed by atoms with Crippen LogP contribution in [0.2, 0.25) is 0 Å². The summed E-state index contributed by atoms with van der Waals surface area (Å²) >= 11 is 0. The van der Waals surface area contributed by atoms with E-state index in [1.165, 1.54) is 13.2 Å². The average molecular weight is 374 g/mol. The third-order valence-electron chi connectivity index (χ3n) is 4.25. The second-order valence-corrected chi connectivity index (χ2v) is 6.56. The number of aryl methyl sites for hydroxylation is 1. The van der Waals surface area contributed by atoms with Gasteiger partial charge in [0.05, 0.1) is 7.11 Å². The van der Waals surface area contributed by atoms with Crippen LogP contribution in [0, 0.1) is 0 Å². The van der Waals surface area contributed by atoms with Gasteiger partial charge in [-0.2, -0.15) is 13.2 Å². The molecule has 0 unspecified atom stereocenters. The first-order valence-corrected chi connectivity index (χ1v) is 8.61. The SMILES string of the molecule is COc1cc(CCC(=O)N[C@@H]2CCCN(C)C2)ccc1OCC(F)(F)F. The molecule has 0 aromatic heterocycles. The van der Waals surface area contributed by atoms with Crippen LogP contribution in [0.3, 0.4) is 0 Å². The van der Waals surface area contributed by atoms with E-state index >= 15 is 0 Å². The molecule has 26 heavy (non-hydrogen) atoms. The largest absolute Gasteiger partial charge is 0.493 e. The summed E-state index contributed by atoms with van der Waals surface area (Å²) in [6.45, 7) is 0.528. The molecule has 1 saturated heterocycles. The van der Waals surface area contributed by atoms with Crippen LogP contribution < -0.4 is 14.8 Å². The predicted molar refractivity (Wildman–Crippen MR) is 91.5 cm³/mol. The second-order valence-electron chi connectivity index (χ2n) is 6.56. The van der Waals surface area contributed by atoms with E-state index in [0.29, 0.717) is 12.8 Å². The summed E-state index contributed by atoms with van der Waals surface area (Å²) in [5.74, 6) is 0.228. The smallest absolute Gasteiger partial charge is 0.422 e. The Kier molecular flexibility index (Phi) is 7.14. The fourth-order valence-electron chi connectivity index (χ4n) is 2.99. The topological polar surface area (TPSA) is 50.8 Å². The number of halogens is 3. The lowest BCUT2D eigenvalue weighted by Gasteiger charge is -2.30. The highest BCUT2D eigenvalue weighted by atomic mass is 19.4. The third kappa shape index (κ3) is 6.74. The molecule has 5 nitrogen and oxygen atoms in total. The van der Waals surface area contributed by atoms with Crippen molar-refractivity contribution in [1.82, 2.24) is 10.2 Å². The molecule has 1 N–H and O–H groups in total. The van der Waals surface area contributed by atoms with Crippen LogP contribution in [-0.2, 0) is 11.2 Å². The highest BCUT2D eigenvalue weighted by Crippen LogP contribution is 2.30. The van der Waals surface area contributed by atoms with Gasteiger partial charge in [0.15, 0.2) is 18.1 Å².